The van der Waals surface area contributed by atoms with Gasteiger partial charge in [0.1, 0.15) is 0 Å². The summed E-state index contributed by atoms with van der Waals surface area (Å²) in [6.07, 6.45) is 6.44. The molecule has 29 heavy (non-hydrogen) atoms. The van der Waals surface area contributed by atoms with E-state index in [0.717, 1.165) is 30.7 Å². The number of amides is 2. The van der Waals surface area contributed by atoms with Gasteiger partial charge >= 0.3 is 0 Å². The summed E-state index contributed by atoms with van der Waals surface area (Å²) >= 11 is 1.34. The lowest BCUT2D eigenvalue weighted by Crippen LogP contribution is -2.52. The Bertz CT molecular complexity index is 854. The van der Waals surface area contributed by atoms with Crippen molar-refractivity contribution in [3.63, 3.8) is 0 Å². The first kappa shape index (κ1) is 20.1. The molecule has 154 valence electrons. The molecule has 0 saturated heterocycles. The van der Waals surface area contributed by atoms with Crippen molar-refractivity contribution < 1.29 is 9.59 Å². The van der Waals surface area contributed by atoms with Crippen molar-refractivity contribution in [1.82, 2.24) is 10.6 Å². The molecule has 2 saturated carbocycles. The second-order valence-corrected chi connectivity index (χ2v) is 9.46. The molecular formula is C23H29N3O2S. The van der Waals surface area contributed by atoms with Gasteiger partial charge in [-0.25, -0.2) is 0 Å². The minimum absolute atomic E-state index is 0.0643. The van der Waals surface area contributed by atoms with Gasteiger partial charge in [0.15, 0.2) is 0 Å². The Kier molecular flexibility index (Phi) is 6.01. The molecule has 1 atom stereocenters. The van der Waals surface area contributed by atoms with Gasteiger partial charge in [-0.05, 0) is 50.3 Å². The van der Waals surface area contributed by atoms with Crippen molar-refractivity contribution in [1.29, 1.82) is 0 Å². The largest absolute Gasteiger partial charge is 0.349 e. The lowest BCUT2D eigenvalue weighted by molar-refractivity contribution is -0.117. The molecule has 2 fully saturated rings. The van der Waals surface area contributed by atoms with E-state index < -0.39 is 0 Å². The number of benzene rings is 1. The summed E-state index contributed by atoms with van der Waals surface area (Å²) in [7, 11) is 0. The van der Waals surface area contributed by atoms with Gasteiger partial charge in [0, 0.05) is 24.0 Å². The maximum Gasteiger partial charge on any atom is 0.261 e. The third-order valence-electron chi connectivity index (χ3n) is 5.99. The topological polar surface area (TPSA) is 70.2 Å². The average molecular weight is 412 g/mol. The van der Waals surface area contributed by atoms with Crippen LogP contribution in [0.3, 0.4) is 0 Å². The smallest absolute Gasteiger partial charge is 0.261 e. The number of carbonyl (C=O) groups excluding carboxylic acids is 2. The summed E-state index contributed by atoms with van der Waals surface area (Å²) in [5, 5.41) is 10.6. The molecule has 0 bridgehead atoms. The molecule has 2 aliphatic rings. The quantitative estimate of drug-likeness (QED) is 0.599. The summed E-state index contributed by atoms with van der Waals surface area (Å²) in [4.78, 5) is 25.2. The highest BCUT2D eigenvalue weighted by Gasteiger charge is 2.35. The van der Waals surface area contributed by atoms with Crippen LogP contribution in [0, 0.1) is 5.92 Å². The molecule has 2 amide bonds. The zero-order chi connectivity index (χ0) is 20.3. The Morgan fingerprint density at radius 2 is 1.83 bits per heavy atom. The molecule has 0 radical (unpaired) electrons. The van der Waals surface area contributed by atoms with Gasteiger partial charge in [-0.15, -0.1) is 11.3 Å². The summed E-state index contributed by atoms with van der Waals surface area (Å²) in [6.45, 7) is 2.80. The fraction of sp³-hybridized carbons (Fsp3) is 0.478. The van der Waals surface area contributed by atoms with Crippen molar-refractivity contribution >= 4 is 28.2 Å². The summed E-state index contributed by atoms with van der Waals surface area (Å²) in [6, 6.07) is 14.3. The molecule has 5 nitrogen and oxygen atoms in total. The van der Waals surface area contributed by atoms with Crippen LogP contribution < -0.4 is 16.0 Å². The third kappa shape index (κ3) is 5.06. The molecule has 1 aromatic heterocycles. The molecule has 2 aromatic rings. The number of hydrogen-bond donors (Lipinski definition) is 3. The van der Waals surface area contributed by atoms with Crippen LogP contribution in [0.5, 0.6) is 0 Å². The van der Waals surface area contributed by atoms with E-state index in [1.807, 2.05) is 12.1 Å². The molecule has 2 aliphatic carbocycles. The highest BCUT2D eigenvalue weighted by atomic mass is 32.1. The minimum atomic E-state index is -0.0673. The standard InChI is InChI=1S/C23H29N3O2S/c1-16(17-7-3-2-4-8-17)26-23(13-5-6-14-23)15-24-22(28)19-11-12-20(29-19)25-21(27)18-9-10-18/h2-4,7-8,11-12,16,18,26H,5-6,9-10,13-15H2,1H3,(H,24,28)(H,25,27). The van der Waals surface area contributed by atoms with E-state index in [1.165, 1.54) is 29.7 Å². The van der Waals surface area contributed by atoms with Gasteiger partial charge in [0.2, 0.25) is 5.91 Å². The molecule has 4 rings (SSSR count). The van der Waals surface area contributed by atoms with E-state index in [9.17, 15) is 9.59 Å². The van der Waals surface area contributed by atoms with E-state index >= 15 is 0 Å². The Balaban J connectivity index is 1.35. The van der Waals surface area contributed by atoms with Crippen LogP contribution in [-0.4, -0.2) is 23.9 Å². The van der Waals surface area contributed by atoms with E-state index in [2.05, 4.69) is 47.1 Å². The summed E-state index contributed by atoms with van der Waals surface area (Å²) < 4.78 is 0. The molecule has 1 unspecified atom stereocenters. The molecular weight excluding hydrogens is 382 g/mol. The van der Waals surface area contributed by atoms with Crippen LogP contribution >= 0.6 is 11.3 Å². The first-order valence-electron chi connectivity index (χ1n) is 10.6. The van der Waals surface area contributed by atoms with E-state index in [0.29, 0.717) is 11.4 Å². The second-order valence-electron chi connectivity index (χ2n) is 8.37. The Morgan fingerprint density at radius 3 is 2.52 bits per heavy atom. The Hall–Kier alpha value is -2.18. The monoisotopic (exact) mass is 411 g/mol. The van der Waals surface area contributed by atoms with Gasteiger partial charge in [-0.2, -0.15) is 0 Å². The number of carbonyl (C=O) groups is 2. The van der Waals surface area contributed by atoms with Crippen molar-refractivity contribution in [2.45, 2.75) is 57.0 Å². The first-order chi connectivity index (χ1) is 14.0. The molecule has 0 spiro atoms. The predicted molar refractivity (Wildman–Crippen MR) is 117 cm³/mol. The summed E-state index contributed by atoms with van der Waals surface area (Å²) in [5.41, 5.74) is 1.20. The molecule has 1 heterocycles. The van der Waals surface area contributed by atoms with E-state index in [4.69, 9.17) is 0 Å². The Morgan fingerprint density at radius 1 is 1.10 bits per heavy atom. The maximum atomic E-state index is 12.7. The average Bonchev–Trinajstić information content (AvgIpc) is 3.33. The zero-order valence-electron chi connectivity index (χ0n) is 16.9. The lowest BCUT2D eigenvalue weighted by atomic mass is 9.94. The SMILES string of the molecule is CC(NC1(CNC(=O)c2ccc(NC(=O)C3CC3)s2)CCCC1)c1ccccc1. The van der Waals surface area contributed by atoms with Crippen molar-refractivity contribution in [2.24, 2.45) is 5.92 Å². The van der Waals surface area contributed by atoms with Crippen molar-refractivity contribution in [2.75, 3.05) is 11.9 Å². The van der Waals surface area contributed by atoms with Crippen LogP contribution in [0.25, 0.3) is 0 Å². The zero-order valence-corrected chi connectivity index (χ0v) is 17.7. The van der Waals surface area contributed by atoms with Gasteiger partial charge in [-0.3, -0.25) is 9.59 Å². The molecule has 6 heteroatoms. The number of nitrogens with one attached hydrogen (secondary N) is 3. The predicted octanol–water partition coefficient (Wildman–Crippen LogP) is 4.49. The van der Waals surface area contributed by atoms with E-state index in [1.54, 1.807) is 6.07 Å². The first-order valence-corrected chi connectivity index (χ1v) is 11.4. The number of rotatable bonds is 8. The number of hydrogen-bond acceptors (Lipinski definition) is 4. The molecule has 3 N–H and O–H groups in total. The van der Waals surface area contributed by atoms with Gasteiger partial charge in [0.05, 0.1) is 9.88 Å². The fourth-order valence-electron chi connectivity index (χ4n) is 4.14. The fourth-order valence-corrected chi connectivity index (χ4v) is 4.97. The van der Waals surface area contributed by atoms with Crippen LogP contribution in [0.2, 0.25) is 0 Å². The van der Waals surface area contributed by atoms with Crippen LogP contribution in [0.1, 0.15) is 66.7 Å². The van der Waals surface area contributed by atoms with Crippen LogP contribution in [0.4, 0.5) is 5.00 Å². The number of thiophene rings is 1. The maximum absolute atomic E-state index is 12.7. The molecule has 1 aromatic carbocycles. The normalized spacial score (nSPS) is 18.9. The van der Waals surface area contributed by atoms with Crippen molar-refractivity contribution in [3.8, 4) is 0 Å². The third-order valence-corrected chi connectivity index (χ3v) is 6.99. The lowest BCUT2D eigenvalue weighted by Gasteiger charge is -2.34. The number of anilines is 1. The van der Waals surface area contributed by atoms with Gasteiger partial charge in [0.25, 0.3) is 5.91 Å². The minimum Gasteiger partial charge on any atom is -0.349 e. The van der Waals surface area contributed by atoms with E-state index in [-0.39, 0.29) is 29.3 Å². The van der Waals surface area contributed by atoms with Gasteiger partial charge in [-0.1, -0.05) is 43.2 Å². The highest BCUT2D eigenvalue weighted by molar-refractivity contribution is 7.18. The van der Waals surface area contributed by atoms with Crippen LogP contribution in [-0.2, 0) is 4.79 Å². The Labute approximate surface area is 176 Å². The van der Waals surface area contributed by atoms with Crippen molar-refractivity contribution in [3.05, 3.63) is 52.9 Å². The summed E-state index contributed by atoms with van der Waals surface area (Å²) in [5.74, 6) is 0.166. The van der Waals surface area contributed by atoms with Crippen LogP contribution in [0.15, 0.2) is 42.5 Å². The molecule has 0 aliphatic heterocycles. The van der Waals surface area contributed by atoms with Gasteiger partial charge < -0.3 is 16.0 Å². The second kappa shape index (κ2) is 8.67. The highest BCUT2D eigenvalue weighted by Crippen LogP contribution is 2.33.